The predicted octanol–water partition coefficient (Wildman–Crippen LogP) is 6.19. The van der Waals surface area contributed by atoms with Gasteiger partial charge in [0.2, 0.25) is 0 Å². The van der Waals surface area contributed by atoms with Gasteiger partial charge in [-0.25, -0.2) is 4.39 Å². The van der Waals surface area contributed by atoms with Gasteiger partial charge in [0, 0.05) is 36.1 Å². The van der Waals surface area contributed by atoms with E-state index in [-0.39, 0.29) is 17.1 Å². The third-order valence-corrected chi connectivity index (χ3v) is 10.00. The van der Waals surface area contributed by atoms with E-state index in [1.807, 2.05) is 48.5 Å². The molecule has 1 N–H and O–H groups in total. The summed E-state index contributed by atoms with van der Waals surface area (Å²) in [5.74, 6) is 0.294. The smallest absolute Gasteiger partial charge is 0.319 e. The Morgan fingerprint density at radius 1 is 0.975 bits per heavy atom. The molecule has 4 aliphatic heterocycles. The molecule has 0 spiro atoms. The van der Waals surface area contributed by atoms with Crippen molar-refractivity contribution in [3.8, 4) is 17.1 Å². The van der Waals surface area contributed by atoms with E-state index < -0.39 is 5.82 Å². The molecule has 2 atom stereocenters. The molecular weight excluding hydrogens is 525 g/mol. The van der Waals surface area contributed by atoms with E-state index in [4.69, 9.17) is 26.3 Å². The summed E-state index contributed by atoms with van der Waals surface area (Å²) in [6, 6.07) is 16.8. The fraction of sp³-hybridized carbons (Fsp3) is 0.438. The van der Waals surface area contributed by atoms with Gasteiger partial charge in [-0.05, 0) is 74.0 Å². The summed E-state index contributed by atoms with van der Waals surface area (Å²) < 4.78 is 23.1. The standard InChI is InChI=1S/C32H33ClFN5O/c33-26-16-25-29(28(34)27(26)24-9-3-7-20-6-1-2-8-23(20)24)36-31(40-19-32-12-4-14-39(32)15-5-13-32)37-30(25)38-17-21-10-11-22(18-38)35-21/h1-3,6-9,16,21-22,35H,4-5,10-15,17-19H2. The second-order valence-corrected chi connectivity index (χ2v) is 12.5. The average Bonchev–Trinajstić information content (AvgIpc) is 3.65. The number of anilines is 1. The highest BCUT2D eigenvalue weighted by atomic mass is 35.5. The van der Waals surface area contributed by atoms with Gasteiger partial charge in [-0.3, -0.25) is 4.90 Å². The van der Waals surface area contributed by atoms with Crippen LogP contribution >= 0.6 is 11.6 Å². The minimum Gasteiger partial charge on any atom is -0.461 e. The maximum Gasteiger partial charge on any atom is 0.319 e. The maximum atomic E-state index is 16.7. The van der Waals surface area contributed by atoms with Gasteiger partial charge in [0.05, 0.1) is 10.6 Å². The fourth-order valence-corrected chi connectivity index (χ4v) is 8.08. The van der Waals surface area contributed by atoms with Crippen LogP contribution in [0.25, 0.3) is 32.8 Å². The van der Waals surface area contributed by atoms with Crippen LogP contribution in [0.3, 0.4) is 0 Å². The van der Waals surface area contributed by atoms with Gasteiger partial charge < -0.3 is 15.0 Å². The molecule has 0 aliphatic carbocycles. The van der Waals surface area contributed by atoms with Crippen LogP contribution in [0.5, 0.6) is 6.01 Å². The van der Waals surface area contributed by atoms with Crippen molar-refractivity contribution in [2.24, 2.45) is 0 Å². The third-order valence-electron chi connectivity index (χ3n) is 9.70. The number of nitrogens with one attached hydrogen (secondary N) is 1. The zero-order chi connectivity index (χ0) is 26.8. The van der Waals surface area contributed by atoms with Crippen molar-refractivity contribution in [1.29, 1.82) is 0 Å². The second-order valence-electron chi connectivity index (χ2n) is 12.1. The van der Waals surface area contributed by atoms with Gasteiger partial charge in [0.25, 0.3) is 0 Å². The molecule has 4 saturated heterocycles. The van der Waals surface area contributed by atoms with Crippen LogP contribution in [-0.4, -0.2) is 65.3 Å². The molecule has 206 valence electrons. The molecule has 8 rings (SSSR count). The van der Waals surface area contributed by atoms with Crippen molar-refractivity contribution in [2.45, 2.75) is 56.1 Å². The van der Waals surface area contributed by atoms with Crippen LogP contribution in [0.15, 0.2) is 48.5 Å². The SMILES string of the molecule is Fc1c(-c2cccc3ccccc23)c(Cl)cc2c(N3CC4CCC(C3)N4)nc(OCC34CCCN3CCC4)nc12. The average molecular weight is 558 g/mol. The molecule has 0 radical (unpaired) electrons. The van der Waals surface area contributed by atoms with E-state index in [1.54, 1.807) is 0 Å². The Kier molecular flexibility index (Phi) is 5.91. The molecule has 5 heterocycles. The van der Waals surface area contributed by atoms with Crippen LogP contribution in [-0.2, 0) is 0 Å². The minimum absolute atomic E-state index is 0.0548. The van der Waals surface area contributed by atoms with Crippen LogP contribution in [0.1, 0.15) is 38.5 Å². The number of hydrogen-bond donors (Lipinski definition) is 1. The van der Waals surface area contributed by atoms with Crippen molar-refractivity contribution >= 4 is 39.1 Å². The van der Waals surface area contributed by atoms with Gasteiger partial charge in [0.15, 0.2) is 5.82 Å². The lowest BCUT2D eigenvalue weighted by molar-refractivity contribution is 0.108. The molecule has 4 aliphatic rings. The molecule has 0 amide bonds. The van der Waals surface area contributed by atoms with Crippen LogP contribution in [0.4, 0.5) is 10.2 Å². The van der Waals surface area contributed by atoms with Gasteiger partial charge in [-0.2, -0.15) is 9.97 Å². The van der Waals surface area contributed by atoms with E-state index in [0.29, 0.717) is 34.7 Å². The predicted molar refractivity (Wildman–Crippen MR) is 158 cm³/mol. The largest absolute Gasteiger partial charge is 0.461 e. The molecule has 0 saturated carbocycles. The highest BCUT2D eigenvalue weighted by Crippen LogP contribution is 2.43. The van der Waals surface area contributed by atoms with Crippen molar-refractivity contribution < 1.29 is 9.13 Å². The number of nitrogens with zero attached hydrogens (tertiary/aromatic N) is 4. The molecule has 40 heavy (non-hydrogen) atoms. The molecule has 4 aromatic rings. The zero-order valence-corrected chi connectivity index (χ0v) is 23.3. The second kappa shape index (κ2) is 9.54. The lowest BCUT2D eigenvalue weighted by Crippen LogP contribution is -2.51. The summed E-state index contributed by atoms with van der Waals surface area (Å²) in [6.45, 7) is 4.43. The number of fused-ring (bicyclic) bond motifs is 5. The monoisotopic (exact) mass is 557 g/mol. The Labute approximate surface area is 238 Å². The summed E-state index contributed by atoms with van der Waals surface area (Å²) >= 11 is 6.91. The molecule has 4 fully saturated rings. The molecule has 2 bridgehead atoms. The summed E-state index contributed by atoms with van der Waals surface area (Å²) in [4.78, 5) is 14.5. The number of aromatic nitrogens is 2. The summed E-state index contributed by atoms with van der Waals surface area (Å²) in [5.41, 5.74) is 1.46. The molecule has 2 unspecified atom stereocenters. The third kappa shape index (κ3) is 3.97. The fourth-order valence-electron chi connectivity index (χ4n) is 7.79. The Morgan fingerprint density at radius 2 is 1.73 bits per heavy atom. The van der Waals surface area contributed by atoms with E-state index in [9.17, 15) is 0 Å². The number of hydrogen-bond acceptors (Lipinski definition) is 6. The highest BCUT2D eigenvalue weighted by molar-refractivity contribution is 6.35. The highest BCUT2D eigenvalue weighted by Gasteiger charge is 2.45. The maximum absolute atomic E-state index is 16.7. The number of piperazine rings is 1. The Morgan fingerprint density at radius 3 is 2.52 bits per heavy atom. The number of halogens is 2. The first-order chi connectivity index (χ1) is 19.6. The first kappa shape index (κ1) is 24.8. The topological polar surface area (TPSA) is 53.5 Å². The summed E-state index contributed by atoms with van der Waals surface area (Å²) in [5, 5.41) is 6.69. The van der Waals surface area contributed by atoms with E-state index in [0.717, 1.165) is 74.0 Å². The normalized spacial score (nSPS) is 23.8. The van der Waals surface area contributed by atoms with Crippen molar-refractivity contribution in [3.63, 3.8) is 0 Å². The van der Waals surface area contributed by atoms with E-state index in [2.05, 4.69) is 15.1 Å². The Bertz CT molecular complexity index is 1600. The summed E-state index contributed by atoms with van der Waals surface area (Å²) in [7, 11) is 0. The van der Waals surface area contributed by atoms with Gasteiger partial charge >= 0.3 is 6.01 Å². The Balaban J connectivity index is 1.27. The van der Waals surface area contributed by atoms with Crippen LogP contribution in [0.2, 0.25) is 5.02 Å². The quantitative estimate of drug-likeness (QED) is 0.316. The summed E-state index contributed by atoms with van der Waals surface area (Å²) in [6.07, 6.45) is 6.93. The first-order valence-electron chi connectivity index (χ1n) is 14.6. The van der Waals surface area contributed by atoms with E-state index >= 15 is 4.39 Å². The van der Waals surface area contributed by atoms with Crippen molar-refractivity contribution in [1.82, 2.24) is 20.2 Å². The van der Waals surface area contributed by atoms with Gasteiger partial charge in [-0.15, -0.1) is 0 Å². The van der Waals surface area contributed by atoms with Gasteiger partial charge in [-0.1, -0.05) is 54.1 Å². The van der Waals surface area contributed by atoms with Gasteiger partial charge in [0.1, 0.15) is 17.9 Å². The lowest BCUT2D eigenvalue weighted by Gasteiger charge is -2.35. The van der Waals surface area contributed by atoms with Crippen molar-refractivity contribution in [3.05, 3.63) is 59.4 Å². The molecule has 8 heteroatoms. The first-order valence-corrected chi connectivity index (χ1v) is 15.0. The molecule has 3 aromatic carbocycles. The Hall–Kier alpha value is -3.00. The van der Waals surface area contributed by atoms with E-state index in [1.165, 1.54) is 12.8 Å². The van der Waals surface area contributed by atoms with Crippen LogP contribution < -0.4 is 15.0 Å². The number of benzene rings is 3. The molecule has 6 nitrogen and oxygen atoms in total. The number of ether oxygens (including phenoxy) is 1. The minimum atomic E-state index is -0.424. The van der Waals surface area contributed by atoms with Crippen LogP contribution in [0, 0.1) is 5.82 Å². The lowest BCUT2D eigenvalue weighted by atomic mass is 9.95. The zero-order valence-electron chi connectivity index (χ0n) is 22.5. The van der Waals surface area contributed by atoms with Crippen molar-refractivity contribution in [2.75, 3.05) is 37.7 Å². The number of rotatable bonds is 5. The molecular formula is C32H33ClFN5O. The molecule has 1 aromatic heterocycles.